The van der Waals surface area contributed by atoms with Gasteiger partial charge in [-0.25, -0.2) is 0 Å². The lowest BCUT2D eigenvalue weighted by atomic mass is 9.64. The van der Waals surface area contributed by atoms with E-state index in [0.717, 1.165) is 30.6 Å². The molecule has 0 unspecified atom stereocenters. The first-order valence-corrected chi connectivity index (χ1v) is 7.84. The van der Waals surface area contributed by atoms with E-state index >= 15 is 0 Å². The van der Waals surface area contributed by atoms with E-state index in [2.05, 4.69) is 34.9 Å². The Morgan fingerprint density at radius 1 is 1.05 bits per heavy atom. The molecule has 114 valence electrons. The SMILES string of the molecule is CNC(=O)C(c1ccccc1)(c1ccccc1)[C@@H]1CCNC1. The standard InChI is InChI=1S/C19H22N2O/c1-20-18(22)19(17-12-13-21-14-17,15-8-4-2-5-9-15)16-10-6-3-7-11-16/h2-11,17,21H,12-14H2,1H3,(H,20,22)/t17-/m1/s1. The van der Waals surface area contributed by atoms with Crippen LogP contribution in [-0.2, 0) is 10.2 Å². The van der Waals surface area contributed by atoms with E-state index < -0.39 is 5.41 Å². The zero-order valence-electron chi connectivity index (χ0n) is 12.9. The first kappa shape index (κ1) is 14.8. The monoisotopic (exact) mass is 294 g/mol. The topological polar surface area (TPSA) is 41.1 Å². The third-order valence-electron chi connectivity index (χ3n) is 4.72. The average molecular weight is 294 g/mol. The minimum absolute atomic E-state index is 0.0681. The zero-order chi connectivity index (χ0) is 15.4. The first-order valence-electron chi connectivity index (χ1n) is 7.84. The molecule has 1 fully saturated rings. The van der Waals surface area contributed by atoms with E-state index in [0.29, 0.717) is 0 Å². The molecular formula is C19H22N2O. The Morgan fingerprint density at radius 2 is 1.59 bits per heavy atom. The molecule has 2 N–H and O–H groups in total. The largest absolute Gasteiger partial charge is 0.358 e. The number of rotatable bonds is 4. The van der Waals surface area contributed by atoms with Gasteiger partial charge in [-0.2, -0.15) is 0 Å². The predicted octanol–water partition coefficient (Wildman–Crippen LogP) is 2.33. The number of hydrogen-bond donors (Lipinski definition) is 2. The normalized spacial score (nSPS) is 18.1. The molecule has 0 radical (unpaired) electrons. The van der Waals surface area contributed by atoms with Gasteiger partial charge in [-0.15, -0.1) is 0 Å². The minimum atomic E-state index is -0.638. The summed E-state index contributed by atoms with van der Waals surface area (Å²) in [7, 11) is 1.73. The summed E-state index contributed by atoms with van der Waals surface area (Å²) < 4.78 is 0. The summed E-state index contributed by atoms with van der Waals surface area (Å²) in [4.78, 5) is 13.1. The lowest BCUT2D eigenvalue weighted by Gasteiger charge is -2.38. The zero-order valence-corrected chi connectivity index (χ0v) is 12.9. The van der Waals surface area contributed by atoms with E-state index in [4.69, 9.17) is 0 Å². The van der Waals surface area contributed by atoms with Crippen LogP contribution in [0, 0.1) is 5.92 Å². The number of amides is 1. The van der Waals surface area contributed by atoms with Gasteiger partial charge >= 0.3 is 0 Å². The predicted molar refractivity (Wildman–Crippen MR) is 88.7 cm³/mol. The van der Waals surface area contributed by atoms with Gasteiger partial charge in [0, 0.05) is 7.05 Å². The van der Waals surface area contributed by atoms with E-state index in [1.165, 1.54) is 0 Å². The molecule has 3 heteroatoms. The van der Waals surface area contributed by atoms with Crippen LogP contribution in [0.3, 0.4) is 0 Å². The number of carbonyl (C=O) groups excluding carboxylic acids is 1. The maximum Gasteiger partial charge on any atom is 0.235 e. The van der Waals surface area contributed by atoms with Crippen LogP contribution >= 0.6 is 0 Å². The van der Waals surface area contributed by atoms with Crippen molar-refractivity contribution in [3.05, 3.63) is 71.8 Å². The van der Waals surface area contributed by atoms with Crippen LogP contribution in [0.2, 0.25) is 0 Å². The molecule has 2 aromatic rings. The quantitative estimate of drug-likeness (QED) is 0.908. The van der Waals surface area contributed by atoms with Crippen LogP contribution in [0.4, 0.5) is 0 Å². The summed E-state index contributed by atoms with van der Waals surface area (Å²) in [5, 5.41) is 6.33. The van der Waals surface area contributed by atoms with Crippen LogP contribution in [0.25, 0.3) is 0 Å². The Bertz CT molecular complexity index is 579. The maximum atomic E-state index is 13.1. The van der Waals surface area contributed by atoms with Crippen molar-refractivity contribution in [2.75, 3.05) is 20.1 Å². The molecule has 0 spiro atoms. The summed E-state index contributed by atoms with van der Waals surface area (Å²) in [5.74, 6) is 0.316. The van der Waals surface area contributed by atoms with Gasteiger partial charge in [0.2, 0.25) is 5.91 Å². The van der Waals surface area contributed by atoms with Crippen molar-refractivity contribution in [2.24, 2.45) is 5.92 Å². The second-order valence-electron chi connectivity index (χ2n) is 5.81. The van der Waals surface area contributed by atoms with Crippen molar-refractivity contribution in [1.82, 2.24) is 10.6 Å². The van der Waals surface area contributed by atoms with Crippen LogP contribution in [0.15, 0.2) is 60.7 Å². The highest BCUT2D eigenvalue weighted by atomic mass is 16.2. The van der Waals surface area contributed by atoms with Crippen LogP contribution in [-0.4, -0.2) is 26.0 Å². The van der Waals surface area contributed by atoms with Gasteiger partial charge in [0.15, 0.2) is 0 Å². The fraction of sp³-hybridized carbons (Fsp3) is 0.316. The number of carbonyl (C=O) groups is 1. The third kappa shape index (κ3) is 2.32. The van der Waals surface area contributed by atoms with Crippen LogP contribution < -0.4 is 10.6 Å². The molecule has 2 aromatic carbocycles. The molecule has 1 saturated heterocycles. The molecular weight excluding hydrogens is 272 g/mol. The third-order valence-corrected chi connectivity index (χ3v) is 4.72. The second kappa shape index (κ2) is 6.32. The Balaban J connectivity index is 2.25. The fourth-order valence-corrected chi connectivity index (χ4v) is 3.71. The Kier molecular flexibility index (Phi) is 4.25. The van der Waals surface area contributed by atoms with E-state index in [1.54, 1.807) is 7.05 Å². The number of benzene rings is 2. The van der Waals surface area contributed by atoms with E-state index in [1.807, 2.05) is 36.4 Å². The molecule has 3 nitrogen and oxygen atoms in total. The molecule has 0 bridgehead atoms. The molecule has 22 heavy (non-hydrogen) atoms. The van der Waals surface area contributed by atoms with Gasteiger partial charge < -0.3 is 10.6 Å². The fourth-order valence-electron chi connectivity index (χ4n) is 3.71. The molecule has 0 aromatic heterocycles. The van der Waals surface area contributed by atoms with Gasteiger partial charge in [0.25, 0.3) is 0 Å². The van der Waals surface area contributed by atoms with Crippen LogP contribution in [0.5, 0.6) is 0 Å². The average Bonchev–Trinajstić information content (AvgIpc) is 3.12. The summed E-state index contributed by atoms with van der Waals surface area (Å²) in [6, 6.07) is 20.3. The Labute approximate surface area is 131 Å². The molecule has 3 rings (SSSR count). The summed E-state index contributed by atoms with van der Waals surface area (Å²) in [6.45, 7) is 1.82. The molecule has 0 aliphatic carbocycles. The summed E-state index contributed by atoms with van der Waals surface area (Å²) in [5.41, 5.74) is 1.49. The lowest BCUT2D eigenvalue weighted by Crippen LogP contribution is -2.50. The molecule has 1 atom stereocenters. The van der Waals surface area contributed by atoms with Gasteiger partial charge in [0.05, 0.1) is 0 Å². The highest BCUT2D eigenvalue weighted by molar-refractivity contribution is 5.92. The van der Waals surface area contributed by atoms with Crippen molar-refractivity contribution in [1.29, 1.82) is 0 Å². The summed E-state index contributed by atoms with van der Waals surface area (Å²) in [6.07, 6.45) is 0.997. The number of hydrogen-bond acceptors (Lipinski definition) is 2. The summed E-state index contributed by atoms with van der Waals surface area (Å²) >= 11 is 0. The molecule has 0 saturated carbocycles. The van der Waals surface area contributed by atoms with Crippen molar-refractivity contribution in [2.45, 2.75) is 11.8 Å². The van der Waals surface area contributed by atoms with Crippen molar-refractivity contribution in [3.63, 3.8) is 0 Å². The van der Waals surface area contributed by atoms with Crippen LogP contribution in [0.1, 0.15) is 17.5 Å². The molecule has 1 heterocycles. The van der Waals surface area contributed by atoms with Gasteiger partial charge in [-0.1, -0.05) is 60.7 Å². The Hall–Kier alpha value is -2.13. The lowest BCUT2D eigenvalue weighted by molar-refractivity contribution is -0.126. The minimum Gasteiger partial charge on any atom is -0.358 e. The molecule has 1 aliphatic heterocycles. The number of nitrogens with one attached hydrogen (secondary N) is 2. The van der Waals surface area contributed by atoms with Crippen molar-refractivity contribution >= 4 is 5.91 Å². The second-order valence-corrected chi connectivity index (χ2v) is 5.81. The molecule has 1 amide bonds. The Morgan fingerprint density at radius 3 is 2.00 bits per heavy atom. The highest BCUT2D eigenvalue weighted by Crippen LogP contribution is 2.42. The van der Waals surface area contributed by atoms with Gasteiger partial charge in [0.1, 0.15) is 5.41 Å². The first-order chi connectivity index (χ1) is 10.8. The van der Waals surface area contributed by atoms with E-state index in [-0.39, 0.29) is 11.8 Å². The molecule has 1 aliphatic rings. The smallest absolute Gasteiger partial charge is 0.235 e. The maximum absolute atomic E-state index is 13.1. The number of likely N-dealkylation sites (N-methyl/N-ethyl adjacent to an activating group) is 1. The van der Waals surface area contributed by atoms with E-state index in [9.17, 15) is 4.79 Å². The van der Waals surface area contributed by atoms with Crippen molar-refractivity contribution in [3.8, 4) is 0 Å². The van der Waals surface area contributed by atoms with Gasteiger partial charge in [-0.3, -0.25) is 4.79 Å². The van der Waals surface area contributed by atoms with Gasteiger partial charge in [-0.05, 0) is 36.6 Å². The van der Waals surface area contributed by atoms with Crippen molar-refractivity contribution < 1.29 is 4.79 Å². The highest BCUT2D eigenvalue weighted by Gasteiger charge is 2.48.